The third-order valence-corrected chi connectivity index (χ3v) is 6.69. The van der Waals surface area contributed by atoms with E-state index < -0.39 is 0 Å². The molecule has 1 N–H and O–H groups in total. The second-order valence-electron chi connectivity index (χ2n) is 8.98. The Hall–Kier alpha value is -2.54. The van der Waals surface area contributed by atoms with Crippen LogP contribution in [0.25, 0.3) is 0 Å². The number of amides is 1. The molecule has 1 aliphatic carbocycles. The number of hydrogen-bond donors (Lipinski definition) is 1. The predicted octanol–water partition coefficient (Wildman–Crippen LogP) is 3.89. The second-order valence-corrected chi connectivity index (χ2v) is 8.98. The highest BCUT2D eigenvalue weighted by Crippen LogP contribution is 2.29. The number of pyridine rings is 1. The number of likely N-dealkylation sites (N-methyl/N-ethyl adjacent to an activating group) is 1. The fourth-order valence-electron chi connectivity index (χ4n) is 4.85. The molecule has 3 heterocycles. The summed E-state index contributed by atoms with van der Waals surface area (Å²) < 4.78 is 0. The van der Waals surface area contributed by atoms with Gasteiger partial charge in [-0.15, -0.1) is 0 Å². The lowest BCUT2D eigenvalue weighted by Crippen LogP contribution is -2.45. The van der Waals surface area contributed by atoms with Gasteiger partial charge >= 0.3 is 0 Å². The van der Waals surface area contributed by atoms with Crippen molar-refractivity contribution in [2.45, 2.75) is 63.8 Å². The maximum Gasteiger partial charge on any atom is 0.236 e. The third kappa shape index (κ3) is 5.79. The van der Waals surface area contributed by atoms with Gasteiger partial charge in [0.05, 0.1) is 12.7 Å². The lowest BCUT2D eigenvalue weighted by molar-refractivity contribution is -0.134. The SMILES string of the molecule is Cc1cc(Nc2cnccn2)cc(C2CCN(CC(=O)N(C)C3CCCCC3)CC2)n1. The monoisotopic (exact) mass is 422 g/mol. The molecule has 1 amide bonds. The van der Waals surface area contributed by atoms with Gasteiger partial charge in [-0.3, -0.25) is 19.7 Å². The minimum absolute atomic E-state index is 0.273. The molecule has 2 fully saturated rings. The Labute approximate surface area is 185 Å². The smallest absolute Gasteiger partial charge is 0.236 e. The van der Waals surface area contributed by atoms with E-state index in [1.807, 2.05) is 24.9 Å². The summed E-state index contributed by atoms with van der Waals surface area (Å²) in [5.74, 6) is 1.42. The van der Waals surface area contributed by atoms with Gasteiger partial charge in [0.25, 0.3) is 0 Å². The molecule has 166 valence electrons. The predicted molar refractivity (Wildman–Crippen MR) is 122 cm³/mol. The minimum atomic E-state index is 0.273. The van der Waals surface area contributed by atoms with Crippen molar-refractivity contribution in [1.29, 1.82) is 0 Å². The molecule has 1 saturated heterocycles. The number of aromatic nitrogens is 3. The maximum atomic E-state index is 12.8. The molecular weight excluding hydrogens is 388 g/mol. The lowest BCUT2D eigenvalue weighted by atomic mass is 9.92. The summed E-state index contributed by atoms with van der Waals surface area (Å²) in [5.41, 5.74) is 3.11. The van der Waals surface area contributed by atoms with Gasteiger partial charge in [-0.1, -0.05) is 19.3 Å². The van der Waals surface area contributed by atoms with Crippen molar-refractivity contribution in [2.24, 2.45) is 0 Å². The number of aryl methyl sites for hydroxylation is 1. The zero-order chi connectivity index (χ0) is 21.6. The van der Waals surface area contributed by atoms with Crippen LogP contribution in [0.3, 0.4) is 0 Å². The highest BCUT2D eigenvalue weighted by atomic mass is 16.2. The van der Waals surface area contributed by atoms with Crippen LogP contribution in [0.2, 0.25) is 0 Å². The molecule has 0 aromatic carbocycles. The van der Waals surface area contributed by atoms with Crippen molar-refractivity contribution in [1.82, 2.24) is 24.8 Å². The van der Waals surface area contributed by atoms with Crippen molar-refractivity contribution >= 4 is 17.4 Å². The summed E-state index contributed by atoms with van der Waals surface area (Å²) >= 11 is 0. The quantitative estimate of drug-likeness (QED) is 0.761. The van der Waals surface area contributed by atoms with Crippen LogP contribution < -0.4 is 5.32 Å². The van der Waals surface area contributed by atoms with Gasteiger partial charge in [-0.25, -0.2) is 4.98 Å². The molecule has 31 heavy (non-hydrogen) atoms. The number of nitrogens with one attached hydrogen (secondary N) is 1. The Morgan fingerprint density at radius 1 is 1.13 bits per heavy atom. The number of likely N-dealkylation sites (tertiary alicyclic amines) is 1. The first kappa shape index (κ1) is 21.7. The van der Waals surface area contributed by atoms with Gasteiger partial charge in [0.1, 0.15) is 5.82 Å². The lowest BCUT2D eigenvalue weighted by Gasteiger charge is -2.35. The summed E-state index contributed by atoms with van der Waals surface area (Å²) in [6.45, 7) is 4.45. The number of anilines is 2. The molecule has 0 bridgehead atoms. The molecule has 2 aliphatic rings. The van der Waals surface area contributed by atoms with Crippen LogP contribution in [-0.4, -0.2) is 63.4 Å². The van der Waals surface area contributed by atoms with Gasteiger partial charge < -0.3 is 10.2 Å². The van der Waals surface area contributed by atoms with E-state index in [2.05, 4.69) is 26.3 Å². The number of hydrogen-bond acceptors (Lipinski definition) is 6. The molecule has 0 spiro atoms. The van der Waals surface area contributed by atoms with E-state index in [-0.39, 0.29) is 5.91 Å². The van der Waals surface area contributed by atoms with E-state index in [0.717, 1.165) is 61.7 Å². The molecular formula is C24H34N6O. The van der Waals surface area contributed by atoms with E-state index in [1.54, 1.807) is 18.6 Å². The third-order valence-electron chi connectivity index (χ3n) is 6.69. The molecule has 7 heteroatoms. The Bertz CT molecular complexity index is 860. The van der Waals surface area contributed by atoms with E-state index in [0.29, 0.717) is 18.5 Å². The summed E-state index contributed by atoms with van der Waals surface area (Å²) in [5, 5.41) is 3.33. The molecule has 1 saturated carbocycles. The number of carbonyl (C=O) groups excluding carboxylic acids is 1. The minimum Gasteiger partial charge on any atom is -0.342 e. The fraction of sp³-hybridized carbons (Fsp3) is 0.583. The van der Waals surface area contributed by atoms with Crippen LogP contribution in [0.15, 0.2) is 30.7 Å². The Morgan fingerprint density at radius 3 is 2.61 bits per heavy atom. The average molecular weight is 423 g/mol. The summed E-state index contributed by atoms with van der Waals surface area (Å²) in [6.07, 6.45) is 13.3. The van der Waals surface area contributed by atoms with E-state index in [1.165, 1.54) is 19.3 Å². The highest BCUT2D eigenvalue weighted by Gasteiger charge is 2.27. The molecule has 2 aromatic heterocycles. The molecule has 4 rings (SSSR count). The van der Waals surface area contributed by atoms with Crippen LogP contribution >= 0.6 is 0 Å². The maximum absolute atomic E-state index is 12.8. The van der Waals surface area contributed by atoms with E-state index in [4.69, 9.17) is 4.98 Å². The largest absolute Gasteiger partial charge is 0.342 e. The standard InChI is InChI=1S/C24H34N6O/c1-18-14-20(28-23-16-25-10-11-26-23)15-22(27-18)19-8-12-30(13-9-19)17-24(31)29(2)21-6-4-3-5-7-21/h10-11,14-16,19,21H,3-9,12-13,17H2,1-2H3,(H,26,27,28). The van der Waals surface area contributed by atoms with Crippen molar-refractivity contribution in [3.63, 3.8) is 0 Å². The molecule has 7 nitrogen and oxygen atoms in total. The first-order valence-electron chi connectivity index (χ1n) is 11.6. The van der Waals surface area contributed by atoms with Gasteiger partial charge in [0, 0.05) is 48.5 Å². The van der Waals surface area contributed by atoms with Crippen molar-refractivity contribution in [3.8, 4) is 0 Å². The number of piperidine rings is 1. The van der Waals surface area contributed by atoms with Gasteiger partial charge in [0.15, 0.2) is 0 Å². The van der Waals surface area contributed by atoms with Crippen molar-refractivity contribution in [2.75, 3.05) is 32.0 Å². The normalized spacial score (nSPS) is 18.6. The molecule has 1 aliphatic heterocycles. The molecule has 0 unspecified atom stereocenters. The van der Waals surface area contributed by atoms with Gasteiger partial charge in [-0.2, -0.15) is 0 Å². The number of nitrogens with zero attached hydrogens (tertiary/aromatic N) is 5. The van der Waals surface area contributed by atoms with Crippen LogP contribution in [-0.2, 0) is 4.79 Å². The molecule has 2 aromatic rings. The topological polar surface area (TPSA) is 74.2 Å². The number of rotatable bonds is 6. The average Bonchev–Trinajstić information content (AvgIpc) is 2.80. The molecule has 0 radical (unpaired) electrons. The number of carbonyl (C=O) groups is 1. The van der Waals surface area contributed by atoms with Gasteiger partial charge in [-0.05, 0) is 57.8 Å². The Morgan fingerprint density at radius 2 is 1.90 bits per heavy atom. The Kier molecular flexibility index (Phi) is 7.12. The van der Waals surface area contributed by atoms with Crippen LogP contribution in [0, 0.1) is 6.92 Å². The first-order valence-corrected chi connectivity index (χ1v) is 11.6. The molecule has 0 atom stereocenters. The van der Waals surface area contributed by atoms with Gasteiger partial charge in [0.2, 0.25) is 5.91 Å². The first-order chi connectivity index (χ1) is 15.1. The van der Waals surface area contributed by atoms with E-state index in [9.17, 15) is 4.79 Å². The van der Waals surface area contributed by atoms with Crippen LogP contribution in [0.1, 0.15) is 62.3 Å². The summed E-state index contributed by atoms with van der Waals surface area (Å²) in [4.78, 5) is 30.3. The highest BCUT2D eigenvalue weighted by molar-refractivity contribution is 5.78. The second kappa shape index (κ2) is 10.2. The van der Waals surface area contributed by atoms with E-state index >= 15 is 0 Å². The summed E-state index contributed by atoms with van der Waals surface area (Å²) in [7, 11) is 1.99. The zero-order valence-electron chi connectivity index (χ0n) is 18.8. The van der Waals surface area contributed by atoms with Crippen LogP contribution in [0.5, 0.6) is 0 Å². The van der Waals surface area contributed by atoms with Crippen molar-refractivity contribution in [3.05, 3.63) is 42.1 Å². The fourth-order valence-corrected chi connectivity index (χ4v) is 4.85. The van der Waals surface area contributed by atoms with Crippen LogP contribution in [0.4, 0.5) is 11.5 Å². The zero-order valence-corrected chi connectivity index (χ0v) is 18.8. The Balaban J connectivity index is 1.31. The summed E-state index contributed by atoms with van der Waals surface area (Å²) in [6, 6.07) is 4.60. The van der Waals surface area contributed by atoms with Crippen molar-refractivity contribution < 1.29 is 4.79 Å².